The molecule has 0 aromatic carbocycles. The van der Waals surface area contributed by atoms with Crippen molar-refractivity contribution >= 4 is 35.4 Å². The highest BCUT2D eigenvalue weighted by Gasteiger charge is 2.31. The van der Waals surface area contributed by atoms with Crippen LogP contribution in [0.4, 0.5) is 0 Å². The fraction of sp³-hybridized carbons (Fsp3) is 0.750. The molecule has 1 fully saturated rings. The van der Waals surface area contributed by atoms with Crippen LogP contribution in [0, 0.1) is 0 Å². The van der Waals surface area contributed by atoms with Crippen LogP contribution in [0.2, 0.25) is 0 Å². The lowest BCUT2D eigenvalue weighted by Crippen LogP contribution is -2.26. The molecule has 0 saturated carbocycles. The van der Waals surface area contributed by atoms with Gasteiger partial charge in [-0.25, -0.2) is 4.31 Å². The van der Waals surface area contributed by atoms with E-state index >= 15 is 0 Å². The Morgan fingerprint density at radius 2 is 1.77 bits per heavy atom. The Bertz CT molecular complexity index is 216. The predicted molar refractivity (Wildman–Crippen MR) is 53.5 cm³/mol. The first-order valence-electron chi connectivity index (χ1n) is 4.19. The largest absolute Gasteiger partial charge is 0.273 e. The monoisotopic (exact) mass is 221 g/mol. The van der Waals surface area contributed by atoms with Crippen LogP contribution in [0.3, 0.4) is 0 Å². The highest BCUT2D eigenvalue weighted by Crippen LogP contribution is 2.27. The minimum absolute atomic E-state index is 0.0498. The van der Waals surface area contributed by atoms with Gasteiger partial charge in [0.15, 0.2) is 0 Å². The van der Waals surface area contributed by atoms with Crippen LogP contribution in [-0.2, 0) is 9.59 Å². The molecule has 3 nitrogen and oxygen atoms in total. The van der Waals surface area contributed by atoms with Crippen LogP contribution in [-0.4, -0.2) is 26.7 Å². The molecule has 1 aliphatic heterocycles. The number of hydrogen-bond donors (Lipinski definition) is 0. The summed E-state index contributed by atoms with van der Waals surface area (Å²) in [6.45, 7) is 3.76. The van der Waals surface area contributed by atoms with Crippen LogP contribution >= 0.6 is 23.5 Å². The molecule has 1 aliphatic rings. The van der Waals surface area contributed by atoms with E-state index < -0.39 is 0 Å². The van der Waals surface area contributed by atoms with Gasteiger partial charge in [0.1, 0.15) is 0 Å². The van der Waals surface area contributed by atoms with E-state index in [4.69, 9.17) is 11.6 Å². The Morgan fingerprint density at radius 1 is 1.31 bits per heavy atom. The average Bonchev–Trinajstić information content (AvgIpc) is 2.35. The fourth-order valence-corrected chi connectivity index (χ4v) is 1.98. The second-order valence-electron chi connectivity index (χ2n) is 3.07. The van der Waals surface area contributed by atoms with Crippen molar-refractivity contribution in [2.45, 2.75) is 37.3 Å². The highest BCUT2D eigenvalue weighted by atomic mass is 35.5. The molecule has 0 aromatic heterocycles. The number of nitrogens with zero attached hydrogens (tertiary/aromatic N) is 1. The molecule has 0 spiro atoms. The fourth-order valence-electron chi connectivity index (χ4n) is 0.924. The van der Waals surface area contributed by atoms with Gasteiger partial charge in [-0.1, -0.05) is 6.92 Å². The third kappa shape index (κ3) is 2.61. The molecule has 13 heavy (non-hydrogen) atoms. The summed E-state index contributed by atoms with van der Waals surface area (Å²) in [4.78, 5) is 22.4. The molecule has 0 aromatic rings. The Kier molecular flexibility index (Phi) is 3.62. The summed E-state index contributed by atoms with van der Waals surface area (Å²) in [6.07, 6.45) is 0.685. The third-order valence-electron chi connectivity index (χ3n) is 1.92. The summed E-state index contributed by atoms with van der Waals surface area (Å²) in [7, 11) is 0. The standard InChI is InChI=1S/C8H12ClNO2S/c1-5(9)6(2)13-10-7(11)3-4-8(10)12/h5-6H,3-4H2,1-2H3. The second kappa shape index (κ2) is 4.33. The van der Waals surface area contributed by atoms with E-state index in [-0.39, 0.29) is 22.4 Å². The van der Waals surface area contributed by atoms with Crippen molar-refractivity contribution in [2.24, 2.45) is 0 Å². The summed E-state index contributed by atoms with van der Waals surface area (Å²) in [5, 5.41) is 0.0267. The Labute approximate surface area is 86.9 Å². The number of hydrogen-bond acceptors (Lipinski definition) is 3. The molecular formula is C8H12ClNO2S. The van der Waals surface area contributed by atoms with Crippen molar-refractivity contribution < 1.29 is 9.59 Å². The van der Waals surface area contributed by atoms with Gasteiger partial charge >= 0.3 is 0 Å². The van der Waals surface area contributed by atoms with E-state index in [2.05, 4.69) is 0 Å². The minimum atomic E-state index is -0.0980. The van der Waals surface area contributed by atoms with Gasteiger partial charge in [-0.05, 0) is 18.9 Å². The summed E-state index contributed by atoms with van der Waals surface area (Å²) in [6, 6.07) is 0. The first-order valence-corrected chi connectivity index (χ1v) is 5.46. The molecule has 5 heteroatoms. The molecule has 74 valence electrons. The predicted octanol–water partition coefficient (Wildman–Crippen LogP) is 1.80. The molecule has 0 bridgehead atoms. The average molecular weight is 222 g/mol. The van der Waals surface area contributed by atoms with Gasteiger partial charge in [-0.2, -0.15) is 0 Å². The van der Waals surface area contributed by atoms with Crippen LogP contribution in [0.1, 0.15) is 26.7 Å². The van der Waals surface area contributed by atoms with Crippen molar-refractivity contribution in [3.8, 4) is 0 Å². The maximum Gasteiger partial charge on any atom is 0.239 e. The number of alkyl halides is 1. The molecule has 0 N–H and O–H groups in total. The van der Waals surface area contributed by atoms with E-state index in [1.807, 2.05) is 13.8 Å². The number of carbonyl (C=O) groups is 2. The second-order valence-corrected chi connectivity index (χ2v) is 5.08. The van der Waals surface area contributed by atoms with Gasteiger partial charge in [-0.15, -0.1) is 11.6 Å². The lowest BCUT2D eigenvalue weighted by atomic mass is 10.4. The highest BCUT2D eigenvalue weighted by molar-refractivity contribution is 7.98. The Hall–Kier alpha value is -0.220. The Morgan fingerprint density at radius 3 is 2.15 bits per heavy atom. The summed E-state index contributed by atoms with van der Waals surface area (Å²) >= 11 is 7.07. The summed E-state index contributed by atoms with van der Waals surface area (Å²) < 4.78 is 1.24. The molecule has 0 radical (unpaired) electrons. The van der Waals surface area contributed by atoms with Crippen LogP contribution in [0.25, 0.3) is 0 Å². The molecule has 2 atom stereocenters. The molecule has 2 unspecified atom stereocenters. The van der Waals surface area contributed by atoms with Crippen LogP contribution in [0.15, 0.2) is 0 Å². The van der Waals surface area contributed by atoms with Gasteiger partial charge in [0.05, 0.1) is 0 Å². The SMILES string of the molecule is CC(Cl)C(C)SN1C(=O)CCC1=O. The lowest BCUT2D eigenvalue weighted by Gasteiger charge is -2.19. The zero-order chi connectivity index (χ0) is 10.0. The summed E-state index contributed by atoms with van der Waals surface area (Å²) in [5.74, 6) is -0.196. The van der Waals surface area contributed by atoms with Crippen LogP contribution < -0.4 is 0 Å². The lowest BCUT2D eigenvalue weighted by molar-refractivity contribution is -0.131. The molecule has 1 saturated heterocycles. The quantitative estimate of drug-likeness (QED) is 0.414. The maximum atomic E-state index is 11.2. The first-order chi connectivity index (χ1) is 6.02. The minimum Gasteiger partial charge on any atom is -0.273 e. The molecule has 0 aliphatic carbocycles. The smallest absolute Gasteiger partial charge is 0.239 e. The van der Waals surface area contributed by atoms with E-state index in [1.165, 1.54) is 16.3 Å². The molecular weight excluding hydrogens is 210 g/mol. The molecule has 1 heterocycles. The number of carbonyl (C=O) groups excluding carboxylic acids is 2. The topological polar surface area (TPSA) is 37.4 Å². The van der Waals surface area contributed by atoms with Crippen LogP contribution in [0.5, 0.6) is 0 Å². The van der Waals surface area contributed by atoms with Gasteiger partial charge in [0.25, 0.3) is 0 Å². The number of imide groups is 1. The van der Waals surface area contributed by atoms with E-state index in [1.54, 1.807) is 0 Å². The first kappa shape index (κ1) is 10.9. The van der Waals surface area contributed by atoms with Crippen molar-refractivity contribution in [3.05, 3.63) is 0 Å². The van der Waals surface area contributed by atoms with Gasteiger partial charge in [-0.3, -0.25) is 9.59 Å². The number of halogens is 1. The van der Waals surface area contributed by atoms with E-state index in [0.29, 0.717) is 12.8 Å². The third-order valence-corrected chi connectivity index (χ3v) is 3.81. The normalized spacial score (nSPS) is 22.2. The zero-order valence-electron chi connectivity index (χ0n) is 7.62. The maximum absolute atomic E-state index is 11.2. The number of amides is 2. The Balaban J connectivity index is 2.52. The molecule has 1 rings (SSSR count). The molecule has 2 amide bonds. The van der Waals surface area contributed by atoms with E-state index in [0.717, 1.165) is 0 Å². The van der Waals surface area contributed by atoms with Crippen molar-refractivity contribution in [3.63, 3.8) is 0 Å². The van der Waals surface area contributed by atoms with E-state index in [9.17, 15) is 9.59 Å². The van der Waals surface area contributed by atoms with Gasteiger partial charge < -0.3 is 0 Å². The summed E-state index contributed by atoms with van der Waals surface area (Å²) in [5.41, 5.74) is 0. The van der Waals surface area contributed by atoms with Crippen molar-refractivity contribution in [2.75, 3.05) is 0 Å². The van der Waals surface area contributed by atoms with Gasteiger partial charge in [0.2, 0.25) is 11.8 Å². The number of rotatable bonds is 3. The van der Waals surface area contributed by atoms with Gasteiger partial charge in [0, 0.05) is 23.5 Å². The zero-order valence-corrected chi connectivity index (χ0v) is 9.19. The van der Waals surface area contributed by atoms with Crippen molar-refractivity contribution in [1.82, 2.24) is 4.31 Å². The van der Waals surface area contributed by atoms with Crippen molar-refractivity contribution in [1.29, 1.82) is 0 Å².